The quantitative estimate of drug-likeness (QED) is 0.751. The minimum Gasteiger partial charge on any atom is -0.309 e. The Hall–Kier alpha value is -0.870. The Balaban J connectivity index is 2.31. The molecule has 0 bridgehead atoms. The first-order chi connectivity index (χ1) is 8.21. The van der Waals surface area contributed by atoms with Crippen molar-refractivity contribution in [1.82, 2.24) is 20.0 Å². The number of hydrogen-bond donors (Lipinski definition) is 1. The zero-order valence-electron chi connectivity index (χ0n) is 11.6. The second-order valence-electron chi connectivity index (χ2n) is 4.33. The van der Waals surface area contributed by atoms with Gasteiger partial charge in [0.15, 0.2) is 0 Å². The van der Waals surface area contributed by atoms with Crippen LogP contribution < -0.4 is 5.32 Å². The molecule has 1 N–H and O–H groups in total. The van der Waals surface area contributed by atoms with E-state index in [0.29, 0.717) is 6.04 Å². The molecule has 1 heterocycles. The molecule has 0 aromatic carbocycles. The van der Waals surface area contributed by atoms with Crippen molar-refractivity contribution in [3.05, 3.63) is 18.0 Å². The molecule has 4 heteroatoms. The second-order valence-corrected chi connectivity index (χ2v) is 4.33. The molecule has 0 amide bonds. The molecule has 0 fully saturated rings. The molecule has 0 saturated carbocycles. The Bertz CT molecular complexity index is 304. The van der Waals surface area contributed by atoms with E-state index in [1.165, 1.54) is 5.56 Å². The average Bonchev–Trinajstić information content (AvgIpc) is 2.83. The first kappa shape index (κ1) is 14.2. The van der Waals surface area contributed by atoms with Crippen LogP contribution in [0.4, 0.5) is 0 Å². The number of nitrogens with one attached hydrogen (secondary N) is 1. The third-order valence-corrected chi connectivity index (χ3v) is 3.25. The molecule has 1 rings (SSSR count). The summed E-state index contributed by atoms with van der Waals surface area (Å²) in [7, 11) is 0. The first-order valence-corrected chi connectivity index (χ1v) is 6.69. The number of likely N-dealkylation sites (N-methyl/N-ethyl adjacent to an activating group) is 1. The summed E-state index contributed by atoms with van der Waals surface area (Å²) < 4.78 is 1.97. The molecule has 0 aliphatic rings. The normalized spacial score (nSPS) is 13.2. The Morgan fingerprint density at radius 1 is 1.35 bits per heavy atom. The lowest BCUT2D eigenvalue weighted by molar-refractivity contribution is 0.298. The molecule has 1 aromatic heterocycles. The van der Waals surface area contributed by atoms with Crippen LogP contribution in [-0.4, -0.2) is 40.9 Å². The smallest absolute Gasteiger partial charge is 0.0537 e. The largest absolute Gasteiger partial charge is 0.309 e. The van der Waals surface area contributed by atoms with Crippen LogP contribution in [0.25, 0.3) is 0 Å². The van der Waals surface area contributed by atoms with Crippen LogP contribution in [0.1, 0.15) is 39.3 Å². The standard InChI is InChI=1S/C13H26N4/c1-5-16(6-2)9-8-14-12(4)13-10-15-17(7-3)11-13/h10-12,14H,5-9H2,1-4H3. The van der Waals surface area contributed by atoms with Crippen molar-refractivity contribution in [3.63, 3.8) is 0 Å². The zero-order chi connectivity index (χ0) is 12.7. The van der Waals surface area contributed by atoms with Crippen molar-refractivity contribution in [2.75, 3.05) is 26.2 Å². The molecule has 0 aliphatic heterocycles. The summed E-state index contributed by atoms with van der Waals surface area (Å²) in [6, 6.07) is 0.380. The molecular weight excluding hydrogens is 212 g/mol. The molecule has 1 atom stereocenters. The van der Waals surface area contributed by atoms with E-state index in [2.05, 4.69) is 49.2 Å². The predicted octanol–water partition coefficient (Wildman–Crippen LogP) is 1.90. The highest BCUT2D eigenvalue weighted by Crippen LogP contribution is 2.10. The number of hydrogen-bond acceptors (Lipinski definition) is 3. The molecule has 17 heavy (non-hydrogen) atoms. The van der Waals surface area contributed by atoms with Crippen molar-refractivity contribution in [3.8, 4) is 0 Å². The molecule has 1 unspecified atom stereocenters. The van der Waals surface area contributed by atoms with Gasteiger partial charge in [0, 0.05) is 37.4 Å². The van der Waals surface area contributed by atoms with Crippen LogP contribution in [0, 0.1) is 0 Å². The van der Waals surface area contributed by atoms with Gasteiger partial charge in [-0.1, -0.05) is 13.8 Å². The van der Waals surface area contributed by atoms with Crippen LogP contribution in [0.15, 0.2) is 12.4 Å². The van der Waals surface area contributed by atoms with Gasteiger partial charge in [0.05, 0.1) is 6.20 Å². The van der Waals surface area contributed by atoms with E-state index in [9.17, 15) is 0 Å². The topological polar surface area (TPSA) is 33.1 Å². The zero-order valence-corrected chi connectivity index (χ0v) is 11.6. The highest BCUT2D eigenvalue weighted by atomic mass is 15.3. The van der Waals surface area contributed by atoms with Gasteiger partial charge in [-0.05, 0) is 26.9 Å². The Kier molecular flexibility index (Phi) is 6.22. The van der Waals surface area contributed by atoms with Gasteiger partial charge in [-0.3, -0.25) is 4.68 Å². The van der Waals surface area contributed by atoms with Gasteiger partial charge in [0.25, 0.3) is 0 Å². The maximum atomic E-state index is 4.30. The van der Waals surface area contributed by atoms with Crippen LogP contribution >= 0.6 is 0 Å². The van der Waals surface area contributed by atoms with Gasteiger partial charge in [-0.25, -0.2) is 0 Å². The summed E-state index contributed by atoms with van der Waals surface area (Å²) in [6.45, 7) is 14.0. The van der Waals surface area contributed by atoms with Gasteiger partial charge < -0.3 is 10.2 Å². The van der Waals surface area contributed by atoms with E-state index >= 15 is 0 Å². The van der Waals surface area contributed by atoms with E-state index < -0.39 is 0 Å². The van der Waals surface area contributed by atoms with Crippen molar-refractivity contribution >= 4 is 0 Å². The van der Waals surface area contributed by atoms with Crippen molar-refractivity contribution in [2.45, 2.75) is 40.3 Å². The summed E-state index contributed by atoms with van der Waals surface area (Å²) in [5, 5.41) is 7.84. The first-order valence-electron chi connectivity index (χ1n) is 6.69. The van der Waals surface area contributed by atoms with Gasteiger partial charge >= 0.3 is 0 Å². The van der Waals surface area contributed by atoms with Crippen LogP contribution in [-0.2, 0) is 6.54 Å². The van der Waals surface area contributed by atoms with Crippen molar-refractivity contribution < 1.29 is 0 Å². The van der Waals surface area contributed by atoms with Gasteiger partial charge in [-0.15, -0.1) is 0 Å². The van der Waals surface area contributed by atoms with Gasteiger partial charge in [0.1, 0.15) is 0 Å². The fourth-order valence-corrected chi connectivity index (χ4v) is 1.87. The summed E-state index contributed by atoms with van der Waals surface area (Å²) in [5.41, 5.74) is 1.27. The predicted molar refractivity (Wildman–Crippen MR) is 72.1 cm³/mol. The highest BCUT2D eigenvalue weighted by Gasteiger charge is 2.07. The van der Waals surface area contributed by atoms with Crippen molar-refractivity contribution in [1.29, 1.82) is 0 Å². The van der Waals surface area contributed by atoms with E-state index in [4.69, 9.17) is 0 Å². The van der Waals surface area contributed by atoms with Gasteiger partial charge in [0.2, 0.25) is 0 Å². The Morgan fingerprint density at radius 3 is 2.59 bits per heavy atom. The summed E-state index contributed by atoms with van der Waals surface area (Å²) in [4.78, 5) is 2.43. The minimum atomic E-state index is 0.380. The molecule has 0 aliphatic carbocycles. The molecule has 0 spiro atoms. The van der Waals surface area contributed by atoms with E-state index in [-0.39, 0.29) is 0 Å². The Morgan fingerprint density at radius 2 is 2.06 bits per heavy atom. The van der Waals surface area contributed by atoms with E-state index in [1.54, 1.807) is 0 Å². The molecule has 0 radical (unpaired) electrons. The number of aryl methyl sites for hydroxylation is 1. The fourth-order valence-electron chi connectivity index (χ4n) is 1.87. The molecule has 4 nitrogen and oxygen atoms in total. The maximum absolute atomic E-state index is 4.30. The molecule has 1 aromatic rings. The number of rotatable bonds is 8. The molecule has 0 saturated heterocycles. The number of nitrogens with zero attached hydrogens (tertiary/aromatic N) is 3. The minimum absolute atomic E-state index is 0.380. The summed E-state index contributed by atoms with van der Waals surface area (Å²) in [6.07, 6.45) is 4.08. The summed E-state index contributed by atoms with van der Waals surface area (Å²) >= 11 is 0. The Labute approximate surface area is 105 Å². The van der Waals surface area contributed by atoms with Crippen molar-refractivity contribution in [2.24, 2.45) is 0 Å². The SMILES string of the molecule is CCN(CC)CCNC(C)c1cnn(CC)c1. The average molecular weight is 238 g/mol. The highest BCUT2D eigenvalue weighted by molar-refractivity contribution is 5.08. The maximum Gasteiger partial charge on any atom is 0.0537 e. The van der Waals surface area contributed by atoms with E-state index in [1.807, 2.05) is 10.9 Å². The second kappa shape index (κ2) is 7.45. The molecule has 98 valence electrons. The summed E-state index contributed by atoms with van der Waals surface area (Å²) in [5.74, 6) is 0. The lowest BCUT2D eigenvalue weighted by Gasteiger charge is -2.19. The lowest BCUT2D eigenvalue weighted by atomic mass is 10.2. The third kappa shape index (κ3) is 4.48. The van der Waals surface area contributed by atoms with Crippen LogP contribution in [0.3, 0.4) is 0 Å². The molecular formula is C13H26N4. The fraction of sp³-hybridized carbons (Fsp3) is 0.769. The van der Waals surface area contributed by atoms with Crippen LogP contribution in [0.5, 0.6) is 0 Å². The lowest BCUT2D eigenvalue weighted by Crippen LogP contribution is -2.32. The monoisotopic (exact) mass is 238 g/mol. The third-order valence-electron chi connectivity index (χ3n) is 3.25. The number of aromatic nitrogens is 2. The van der Waals surface area contributed by atoms with E-state index in [0.717, 1.165) is 32.7 Å². The van der Waals surface area contributed by atoms with Gasteiger partial charge in [-0.2, -0.15) is 5.10 Å². The van der Waals surface area contributed by atoms with Crippen LogP contribution in [0.2, 0.25) is 0 Å².